The van der Waals surface area contributed by atoms with Crippen LogP contribution in [0.2, 0.25) is 23.7 Å². The van der Waals surface area contributed by atoms with Gasteiger partial charge >= 0.3 is 37.9 Å². The summed E-state index contributed by atoms with van der Waals surface area (Å²) in [5, 5.41) is 0. The maximum absolute atomic E-state index is 4.93. The van der Waals surface area contributed by atoms with Crippen molar-refractivity contribution in [3.8, 4) is 0 Å². The number of fused-ring (bicyclic) bond motifs is 2. The molecule has 8 unspecified atom stereocenters. The predicted molar refractivity (Wildman–Crippen MR) is 229 cm³/mol. The van der Waals surface area contributed by atoms with Crippen LogP contribution in [0.1, 0.15) is 96.9 Å². The molecule has 6 rings (SSSR count). The normalized spacial score (nSPS) is 29.0. The van der Waals surface area contributed by atoms with Gasteiger partial charge in [-0.3, -0.25) is 0 Å². The molecule has 0 amide bonds. The van der Waals surface area contributed by atoms with Gasteiger partial charge in [0, 0.05) is 0 Å². The van der Waals surface area contributed by atoms with Crippen LogP contribution in [0, 0.1) is 50.4 Å². The zero-order valence-electron chi connectivity index (χ0n) is 33.6. The second kappa shape index (κ2) is 18.0. The second-order valence-electron chi connectivity index (χ2n) is 17.9. The van der Waals surface area contributed by atoms with Crippen LogP contribution in [0.25, 0.3) is 11.1 Å². The van der Waals surface area contributed by atoms with Crippen LogP contribution >= 0.6 is 17.0 Å². The standard InChI is InChI=1S/C45H60Si.2CH3.2ClH.Zr/c1-11-12-27-46(10,42-30(2)28-40-36(15-13-17-38(40)42)32-19-23-34(24-20-32)44(4,5)6)43-31(3)29-41-37(16-14-18-39(41)43)33-21-25-35(26-22-33)45(7,8)9;;;;;/h11,13-26,30-31,38-43H,1,12,27-29H2,2-10H3;2*1H3;2*1H;/q;2*-1;;;+4/p-2. The van der Waals surface area contributed by atoms with E-state index in [4.69, 9.17) is 17.0 Å². The Balaban J connectivity index is 0.00000136. The van der Waals surface area contributed by atoms with Crippen molar-refractivity contribution < 1.29 is 20.8 Å². The molecule has 4 heteroatoms. The van der Waals surface area contributed by atoms with Crippen molar-refractivity contribution in [1.82, 2.24) is 0 Å². The van der Waals surface area contributed by atoms with Crippen molar-refractivity contribution in [2.75, 3.05) is 0 Å². The van der Waals surface area contributed by atoms with Gasteiger partial charge < -0.3 is 14.9 Å². The molecule has 2 aromatic rings. The van der Waals surface area contributed by atoms with Crippen LogP contribution in [0.5, 0.6) is 0 Å². The first kappa shape index (κ1) is 44.2. The Morgan fingerprint density at radius 2 is 1.06 bits per heavy atom. The van der Waals surface area contributed by atoms with Crippen molar-refractivity contribution in [2.45, 2.75) is 109 Å². The first-order valence-electron chi connectivity index (χ1n) is 18.7. The first-order valence-corrected chi connectivity index (χ1v) is 27.9. The number of hydrogen-bond donors (Lipinski definition) is 0. The van der Waals surface area contributed by atoms with E-state index in [9.17, 15) is 0 Å². The van der Waals surface area contributed by atoms with Crippen molar-refractivity contribution in [3.63, 3.8) is 0 Å². The van der Waals surface area contributed by atoms with Gasteiger partial charge in [-0.25, -0.2) is 0 Å². The van der Waals surface area contributed by atoms with Crippen LogP contribution in [0.3, 0.4) is 0 Å². The molecule has 4 aliphatic rings. The van der Waals surface area contributed by atoms with Crippen LogP contribution in [-0.2, 0) is 31.7 Å². The Labute approximate surface area is 334 Å². The maximum atomic E-state index is 4.93. The molecule has 0 heterocycles. The fourth-order valence-corrected chi connectivity index (χ4v) is 18.0. The van der Waals surface area contributed by atoms with Gasteiger partial charge in [0.05, 0.1) is 8.07 Å². The molecule has 8 atom stereocenters. The zero-order chi connectivity index (χ0) is 35.7. The van der Waals surface area contributed by atoms with E-state index < -0.39 is 28.9 Å². The topological polar surface area (TPSA) is 0 Å². The third kappa shape index (κ3) is 9.21. The van der Waals surface area contributed by atoms with E-state index in [2.05, 4.69) is 160 Å². The van der Waals surface area contributed by atoms with Crippen LogP contribution in [0.15, 0.2) is 97.6 Å². The van der Waals surface area contributed by atoms with Crippen molar-refractivity contribution in [3.05, 3.63) is 135 Å². The van der Waals surface area contributed by atoms with E-state index in [1.54, 1.807) is 11.1 Å². The molecule has 2 fully saturated rings. The summed E-state index contributed by atoms with van der Waals surface area (Å²) in [6.45, 7) is 26.2. The summed E-state index contributed by atoms with van der Waals surface area (Å²) in [7, 11) is 8.06. The molecule has 0 spiro atoms. The number of hydrogen-bond acceptors (Lipinski definition) is 0. The Morgan fingerprint density at radius 1 is 0.706 bits per heavy atom. The third-order valence-corrected chi connectivity index (χ3v) is 19.2. The third-order valence-electron chi connectivity index (χ3n) is 12.8. The van der Waals surface area contributed by atoms with Crippen molar-refractivity contribution >= 4 is 36.2 Å². The van der Waals surface area contributed by atoms with Gasteiger partial charge in [0.2, 0.25) is 0 Å². The van der Waals surface area contributed by atoms with Gasteiger partial charge in [0.1, 0.15) is 0 Å². The van der Waals surface area contributed by atoms with Crippen molar-refractivity contribution in [1.29, 1.82) is 0 Å². The summed E-state index contributed by atoms with van der Waals surface area (Å²) < 4.78 is 0. The van der Waals surface area contributed by atoms with Gasteiger partial charge in [0.25, 0.3) is 0 Å². The van der Waals surface area contributed by atoms with Gasteiger partial charge in [-0.2, -0.15) is 0 Å². The molecular formula is C47H66Cl2SiZr. The van der Waals surface area contributed by atoms with Gasteiger partial charge in [-0.1, -0.05) is 159 Å². The molecule has 51 heavy (non-hydrogen) atoms. The molecule has 0 N–H and O–H groups in total. The second-order valence-corrected chi connectivity index (χ2v) is 26.5. The van der Waals surface area contributed by atoms with E-state index in [0.717, 1.165) is 29.3 Å². The van der Waals surface area contributed by atoms with Gasteiger partial charge in [-0.15, -0.1) is 6.58 Å². The fourth-order valence-electron chi connectivity index (χ4n) is 10.8. The number of benzene rings is 2. The summed E-state index contributed by atoms with van der Waals surface area (Å²) >= 11 is -0.826. The molecule has 2 aromatic carbocycles. The number of allylic oxidation sites excluding steroid dienone is 9. The van der Waals surface area contributed by atoms with Crippen LogP contribution in [0.4, 0.5) is 0 Å². The zero-order valence-corrected chi connectivity index (χ0v) is 38.5. The Hall–Kier alpha value is -1.18. The number of halogens is 2. The summed E-state index contributed by atoms with van der Waals surface area (Å²) in [6.07, 6.45) is 21.0. The fraction of sp³-hybridized carbons (Fsp3) is 0.489. The molecule has 0 saturated heterocycles. The minimum atomic E-state index is -1.80. The quantitative estimate of drug-likeness (QED) is 0.148. The van der Waals surface area contributed by atoms with E-state index in [1.807, 2.05) is 0 Å². The van der Waals surface area contributed by atoms with E-state index in [1.165, 1.54) is 41.1 Å². The van der Waals surface area contributed by atoms with Crippen LogP contribution < -0.4 is 0 Å². The molecule has 0 aliphatic heterocycles. The summed E-state index contributed by atoms with van der Waals surface area (Å²) in [4.78, 5) is 0. The Kier molecular flexibility index (Phi) is 15.6. The molecular weight excluding hydrogens is 755 g/mol. The van der Waals surface area contributed by atoms with Gasteiger partial charge in [0.15, 0.2) is 0 Å². The van der Waals surface area contributed by atoms with Crippen molar-refractivity contribution in [2.24, 2.45) is 35.5 Å². The molecule has 2 saturated carbocycles. The summed E-state index contributed by atoms with van der Waals surface area (Å²) in [5.74, 6) is 4.06. The number of rotatable bonds is 7. The molecule has 276 valence electrons. The van der Waals surface area contributed by atoms with Gasteiger partial charge in [-0.05, 0) is 110 Å². The molecule has 4 aliphatic carbocycles. The summed E-state index contributed by atoms with van der Waals surface area (Å²) in [6, 6.07) is 20.5. The van der Waals surface area contributed by atoms with Crippen LogP contribution in [-0.4, -0.2) is 8.07 Å². The summed E-state index contributed by atoms with van der Waals surface area (Å²) in [5.41, 5.74) is 10.8. The first-order chi connectivity index (χ1) is 23.1. The molecule has 0 aromatic heterocycles. The molecule has 0 radical (unpaired) electrons. The molecule has 0 bridgehead atoms. The average molecular weight is 821 g/mol. The Morgan fingerprint density at radius 3 is 1.37 bits per heavy atom. The predicted octanol–water partition coefficient (Wildman–Crippen LogP) is 15.1. The monoisotopic (exact) mass is 818 g/mol. The average Bonchev–Trinajstić information content (AvgIpc) is 3.59. The minimum absolute atomic E-state index is 0. The van der Waals surface area contributed by atoms with E-state index >= 15 is 0 Å². The van der Waals surface area contributed by atoms with E-state index in [-0.39, 0.29) is 25.7 Å². The molecule has 0 nitrogen and oxygen atoms in total. The Bertz CT molecular complexity index is 1460. The SMILES string of the molecule is C=CCC[Si](C)(C1C(C)CC2C(c3ccc(C(C)(C)C)cc3)=CC=CC21)C1C(C)CC2C(c3ccc(C(C)(C)C)cc3)=CC=CC21.[CH3-].[CH3-].[Cl][Zr+2][Cl]. The van der Waals surface area contributed by atoms with E-state index in [0.29, 0.717) is 23.7 Å².